The first-order valence-corrected chi connectivity index (χ1v) is 11.6. The lowest BCUT2D eigenvalue weighted by atomic mass is 9.94. The van der Waals surface area contributed by atoms with Crippen LogP contribution in [0.2, 0.25) is 0 Å². The summed E-state index contributed by atoms with van der Waals surface area (Å²) in [5, 5.41) is 6.76. The average Bonchev–Trinajstić information content (AvgIpc) is 2.78. The van der Waals surface area contributed by atoms with Crippen LogP contribution in [0.1, 0.15) is 55.2 Å². The minimum absolute atomic E-state index is 0.174. The lowest BCUT2D eigenvalue weighted by Crippen LogP contribution is -2.47. The topological polar surface area (TPSA) is 70.7 Å². The normalized spacial score (nSPS) is 16.0. The fourth-order valence-electron chi connectivity index (χ4n) is 3.66. The van der Waals surface area contributed by atoms with Gasteiger partial charge in [0, 0.05) is 23.5 Å². The van der Waals surface area contributed by atoms with Gasteiger partial charge in [-0.2, -0.15) is 0 Å². The van der Waals surface area contributed by atoms with Crippen molar-refractivity contribution in [3.63, 3.8) is 0 Å². The van der Waals surface area contributed by atoms with E-state index in [1.807, 2.05) is 75.9 Å². The fraction of sp³-hybridized carbons (Fsp3) is 0.346. The Bertz CT molecular complexity index is 1060. The molecule has 0 aliphatic carbocycles. The highest BCUT2D eigenvalue weighted by Gasteiger charge is 2.34. The molecule has 0 saturated carbocycles. The minimum Gasteiger partial charge on any atom is -0.462 e. The van der Waals surface area contributed by atoms with E-state index in [1.54, 1.807) is 12.1 Å². The molecule has 1 aliphatic rings. The number of amides is 1. The van der Waals surface area contributed by atoms with E-state index in [9.17, 15) is 9.59 Å². The Morgan fingerprint density at radius 1 is 1.09 bits per heavy atom. The molecule has 0 saturated heterocycles. The van der Waals surface area contributed by atoms with Gasteiger partial charge in [0.05, 0.1) is 18.2 Å². The van der Waals surface area contributed by atoms with Gasteiger partial charge < -0.3 is 20.3 Å². The number of hydrogen-bond donors (Lipinski definition) is 2. The fourth-order valence-corrected chi connectivity index (χ4v) is 4.05. The number of aryl methyl sites for hydroxylation is 1. The summed E-state index contributed by atoms with van der Waals surface area (Å²) >= 11 is 5.54. The predicted octanol–water partition coefficient (Wildman–Crippen LogP) is 4.97. The molecule has 2 aromatic rings. The third kappa shape index (κ3) is 5.79. The first-order valence-electron chi connectivity index (χ1n) is 11.1. The molecule has 1 aliphatic heterocycles. The summed E-state index contributed by atoms with van der Waals surface area (Å²) in [6.45, 7) is 10.9. The van der Waals surface area contributed by atoms with Crippen LogP contribution in [-0.4, -0.2) is 35.0 Å². The van der Waals surface area contributed by atoms with Crippen molar-refractivity contribution < 1.29 is 14.3 Å². The highest BCUT2D eigenvalue weighted by molar-refractivity contribution is 7.80. The molecular formula is C26H31N3O3S. The van der Waals surface area contributed by atoms with Crippen molar-refractivity contribution in [1.29, 1.82) is 0 Å². The first-order chi connectivity index (χ1) is 15.7. The van der Waals surface area contributed by atoms with Gasteiger partial charge >= 0.3 is 5.97 Å². The number of esters is 1. The second kappa shape index (κ2) is 10.6. The number of carbonyl (C=O) groups is 2. The summed E-state index contributed by atoms with van der Waals surface area (Å²) < 4.78 is 5.56. The average molecular weight is 466 g/mol. The summed E-state index contributed by atoms with van der Waals surface area (Å²) in [6, 6.07) is 14.4. The number of thiocarbonyl (C=S) groups is 1. The van der Waals surface area contributed by atoms with Crippen LogP contribution < -0.4 is 10.6 Å². The summed E-state index contributed by atoms with van der Waals surface area (Å²) in [4.78, 5) is 27.4. The zero-order valence-corrected chi connectivity index (χ0v) is 20.6. The van der Waals surface area contributed by atoms with Gasteiger partial charge in [-0.3, -0.25) is 4.79 Å². The largest absolute Gasteiger partial charge is 0.462 e. The van der Waals surface area contributed by atoms with E-state index in [-0.39, 0.29) is 17.8 Å². The number of carbonyl (C=O) groups excluding carboxylic acids is 2. The van der Waals surface area contributed by atoms with E-state index < -0.39 is 6.04 Å². The molecule has 6 nitrogen and oxygen atoms in total. The van der Waals surface area contributed by atoms with Crippen LogP contribution in [0.25, 0.3) is 0 Å². The number of nitrogens with zero attached hydrogens (tertiary/aromatic N) is 1. The second-order valence-corrected chi connectivity index (χ2v) is 8.95. The molecule has 7 heteroatoms. The zero-order chi connectivity index (χ0) is 24.1. The maximum absolute atomic E-state index is 13.0. The predicted molar refractivity (Wildman–Crippen MR) is 135 cm³/mol. The molecule has 1 unspecified atom stereocenters. The SMILES string of the molecule is CCN1C(=S)NC(c2ccc(NC(=O)c3ccc(C)cc3)cc2)C(C(=O)OCC(C)C)=C1C. The molecule has 0 radical (unpaired) electrons. The second-order valence-electron chi connectivity index (χ2n) is 8.56. The number of ether oxygens (including phenoxy) is 1. The number of anilines is 1. The van der Waals surface area contributed by atoms with Crippen LogP contribution in [0.5, 0.6) is 0 Å². The third-order valence-corrected chi connectivity index (χ3v) is 5.83. The standard InChI is InChI=1S/C26H31N3O3S/c1-6-29-18(5)22(25(31)32-15-16(2)3)23(28-26(29)33)19-11-13-21(14-12-19)27-24(30)20-9-7-17(4)8-10-20/h7-14,16,23H,6,15H2,1-5H3,(H,27,30)(H,28,33). The Balaban J connectivity index is 1.84. The molecule has 33 heavy (non-hydrogen) atoms. The molecule has 2 N–H and O–H groups in total. The lowest BCUT2D eigenvalue weighted by Gasteiger charge is -2.37. The van der Waals surface area contributed by atoms with Crippen LogP contribution in [0.15, 0.2) is 59.8 Å². The monoisotopic (exact) mass is 465 g/mol. The van der Waals surface area contributed by atoms with Gasteiger partial charge in [0.25, 0.3) is 5.91 Å². The number of hydrogen-bond acceptors (Lipinski definition) is 4. The molecular weight excluding hydrogens is 434 g/mol. The van der Waals surface area contributed by atoms with Crippen LogP contribution in [-0.2, 0) is 9.53 Å². The van der Waals surface area contributed by atoms with E-state index in [0.717, 1.165) is 16.8 Å². The van der Waals surface area contributed by atoms with E-state index in [1.165, 1.54) is 0 Å². The van der Waals surface area contributed by atoms with Crippen molar-refractivity contribution in [1.82, 2.24) is 10.2 Å². The van der Waals surface area contributed by atoms with E-state index in [0.29, 0.717) is 35.1 Å². The Labute approximate surface area is 201 Å². The van der Waals surface area contributed by atoms with Gasteiger partial charge in [0.15, 0.2) is 5.11 Å². The Hall–Kier alpha value is -3.19. The van der Waals surface area contributed by atoms with Gasteiger partial charge in [-0.1, -0.05) is 43.7 Å². The number of nitrogens with one attached hydrogen (secondary N) is 2. The minimum atomic E-state index is -0.429. The quantitative estimate of drug-likeness (QED) is 0.444. The van der Waals surface area contributed by atoms with E-state index in [2.05, 4.69) is 10.6 Å². The molecule has 0 fully saturated rings. The van der Waals surface area contributed by atoms with Crippen molar-refractivity contribution in [2.45, 2.75) is 40.7 Å². The molecule has 0 spiro atoms. The van der Waals surface area contributed by atoms with Gasteiger partial charge in [-0.05, 0) is 68.7 Å². The number of allylic oxidation sites excluding steroid dienone is 1. The van der Waals surface area contributed by atoms with Gasteiger partial charge in [0.2, 0.25) is 0 Å². The van der Waals surface area contributed by atoms with Crippen molar-refractivity contribution in [2.24, 2.45) is 5.92 Å². The summed E-state index contributed by atoms with van der Waals surface area (Å²) in [5.41, 5.74) is 4.55. The van der Waals surface area contributed by atoms with Crippen LogP contribution in [0.3, 0.4) is 0 Å². The molecule has 3 rings (SSSR count). The van der Waals surface area contributed by atoms with E-state index >= 15 is 0 Å². The maximum Gasteiger partial charge on any atom is 0.338 e. The highest BCUT2D eigenvalue weighted by atomic mass is 32.1. The molecule has 2 aromatic carbocycles. The molecule has 0 aromatic heterocycles. The number of benzene rings is 2. The smallest absolute Gasteiger partial charge is 0.338 e. The Morgan fingerprint density at radius 2 is 1.73 bits per heavy atom. The van der Waals surface area contributed by atoms with Gasteiger partial charge in [-0.15, -0.1) is 0 Å². The summed E-state index contributed by atoms with van der Waals surface area (Å²) in [7, 11) is 0. The van der Waals surface area contributed by atoms with Crippen molar-refractivity contribution >= 4 is 34.9 Å². The van der Waals surface area contributed by atoms with Crippen LogP contribution in [0, 0.1) is 12.8 Å². The Kier molecular flexibility index (Phi) is 7.87. The summed E-state index contributed by atoms with van der Waals surface area (Å²) in [6.07, 6.45) is 0. The maximum atomic E-state index is 13.0. The molecule has 0 bridgehead atoms. The lowest BCUT2D eigenvalue weighted by molar-refractivity contribution is -0.140. The van der Waals surface area contributed by atoms with E-state index in [4.69, 9.17) is 17.0 Å². The number of rotatable bonds is 7. The van der Waals surface area contributed by atoms with Gasteiger partial charge in [0.1, 0.15) is 0 Å². The van der Waals surface area contributed by atoms with Crippen molar-refractivity contribution in [2.75, 3.05) is 18.5 Å². The van der Waals surface area contributed by atoms with Crippen LogP contribution in [0.4, 0.5) is 5.69 Å². The Morgan fingerprint density at radius 3 is 2.30 bits per heavy atom. The highest BCUT2D eigenvalue weighted by Crippen LogP contribution is 2.32. The van der Waals surface area contributed by atoms with Crippen molar-refractivity contribution in [3.05, 3.63) is 76.5 Å². The van der Waals surface area contributed by atoms with Crippen LogP contribution >= 0.6 is 12.2 Å². The molecule has 174 valence electrons. The molecule has 1 amide bonds. The molecule has 1 atom stereocenters. The molecule has 1 heterocycles. The van der Waals surface area contributed by atoms with Crippen molar-refractivity contribution in [3.8, 4) is 0 Å². The first kappa shape index (κ1) is 24.5. The third-order valence-electron chi connectivity index (χ3n) is 5.50. The summed E-state index contributed by atoms with van der Waals surface area (Å²) in [5.74, 6) is -0.284. The van der Waals surface area contributed by atoms with Gasteiger partial charge in [-0.25, -0.2) is 4.79 Å². The zero-order valence-electron chi connectivity index (χ0n) is 19.8.